The highest BCUT2D eigenvalue weighted by Crippen LogP contribution is 2.11. The number of hydrogen-bond acceptors (Lipinski definition) is 5. The number of nitrogens with one attached hydrogen (secondary N) is 1. The SMILES string of the molecule is O=C(COC(=O)Cc1ccc(Br)cc1)NC(=O)c1cccs1. The highest BCUT2D eigenvalue weighted by Gasteiger charge is 2.13. The summed E-state index contributed by atoms with van der Waals surface area (Å²) in [4.78, 5) is 35.2. The molecule has 22 heavy (non-hydrogen) atoms. The number of thiophene rings is 1. The van der Waals surface area contributed by atoms with Crippen LogP contribution < -0.4 is 5.32 Å². The van der Waals surface area contributed by atoms with Crippen LogP contribution in [0.1, 0.15) is 15.2 Å². The number of ether oxygens (including phenoxy) is 1. The van der Waals surface area contributed by atoms with Crippen molar-refractivity contribution < 1.29 is 19.1 Å². The Morgan fingerprint density at radius 2 is 1.86 bits per heavy atom. The van der Waals surface area contributed by atoms with E-state index in [-0.39, 0.29) is 6.42 Å². The molecule has 0 atom stereocenters. The number of halogens is 1. The third-order valence-corrected chi connectivity index (χ3v) is 4.02. The van der Waals surface area contributed by atoms with Crippen molar-refractivity contribution in [2.24, 2.45) is 0 Å². The lowest BCUT2D eigenvalue weighted by Crippen LogP contribution is -2.33. The molecule has 1 aromatic heterocycles. The molecule has 1 heterocycles. The van der Waals surface area contributed by atoms with Gasteiger partial charge in [-0.1, -0.05) is 34.1 Å². The maximum absolute atomic E-state index is 11.6. The van der Waals surface area contributed by atoms with Gasteiger partial charge in [0.05, 0.1) is 11.3 Å². The number of hydrogen-bond donors (Lipinski definition) is 1. The van der Waals surface area contributed by atoms with Crippen LogP contribution >= 0.6 is 27.3 Å². The molecule has 0 radical (unpaired) electrons. The van der Waals surface area contributed by atoms with Crippen LogP contribution in [-0.4, -0.2) is 24.4 Å². The topological polar surface area (TPSA) is 72.5 Å². The second kappa shape index (κ2) is 7.86. The Morgan fingerprint density at radius 3 is 2.50 bits per heavy atom. The van der Waals surface area contributed by atoms with Gasteiger partial charge in [0.25, 0.3) is 11.8 Å². The van der Waals surface area contributed by atoms with Crippen molar-refractivity contribution in [3.05, 3.63) is 56.7 Å². The number of rotatable bonds is 5. The van der Waals surface area contributed by atoms with Gasteiger partial charge in [0.2, 0.25) is 0 Å². The van der Waals surface area contributed by atoms with Gasteiger partial charge in [0, 0.05) is 4.47 Å². The van der Waals surface area contributed by atoms with Gasteiger partial charge in [-0.05, 0) is 29.1 Å². The lowest BCUT2D eigenvalue weighted by atomic mass is 10.2. The number of imide groups is 1. The third-order valence-electron chi connectivity index (χ3n) is 2.62. The van der Waals surface area contributed by atoms with Crippen LogP contribution in [0.2, 0.25) is 0 Å². The molecule has 0 aliphatic carbocycles. The van der Waals surface area contributed by atoms with E-state index in [0.717, 1.165) is 10.0 Å². The Kier molecular flexibility index (Phi) is 5.85. The number of esters is 1. The molecule has 2 aromatic rings. The van der Waals surface area contributed by atoms with Crippen molar-refractivity contribution in [1.29, 1.82) is 0 Å². The van der Waals surface area contributed by atoms with E-state index in [2.05, 4.69) is 21.2 Å². The van der Waals surface area contributed by atoms with Crippen LogP contribution in [0.15, 0.2) is 46.3 Å². The largest absolute Gasteiger partial charge is 0.455 e. The van der Waals surface area contributed by atoms with Crippen LogP contribution in [0.4, 0.5) is 0 Å². The number of carbonyl (C=O) groups excluding carboxylic acids is 3. The van der Waals surface area contributed by atoms with Crippen LogP contribution in [-0.2, 0) is 20.7 Å². The minimum absolute atomic E-state index is 0.0689. The molecule has 0 saturated heterocycles. The van der Waals surface area contributed by atoms with Crippen molar-refractivity contribution >= 4 is 45.1 Å². The molecule has 0 aliphatic heterocycles. The highest BCUT2D eigenvalue weighted by molar-refractivity contribution is 9.10. The van der Waals surface area contributed by atoms with Crippen molar-refractivity contribution in [2.45, 2.75) is 6.42 Å². The summed E-state index contributed by atoms with van der Waals surface area (Å²) in [5.74, 6) is -1.67. The smallest absolute Gasteiger partial charge is 0.310 e. The maximum Gasteiger partial charge on any atom is 0.310 e. The van der Waals surface area contributed by atoms with Gasteiger partial charge >= 0.3 is 5.97 Å². The summed E-state index contributed by atoms with van der Waals surface area (Å²) in [6.07, 6.45) is 0.0689. The van der Waals surface area contributed by atoms with Crippen molar-refractivity contribution in [2.75, 3.05) is 6.61 Å². The fourth-order valence-corrected chi connectivity index (χ4v) is 2.48. The monoisotopic (exact) mass is 381 g/mol. The van der Waals surface area contributed by atoms with Gasteiger partial charge < -0.3 is 4.74 Å². The van der Waals surface area contributed by atoms with Gasteiger partial charge in [-0.15, -0.1) is 11.3 Å². The second-order valence-electron chi connectivity index (χ2n) is 4.32. The van der Waals surface area contributed by atoms with E-state index in [1.54, 1.807) is 29.6 Å². The van der Waals surface area contributed by atoms with Gasteiger partial charge in [0.1, 0.15) is 0 Å². The zero-order chi connectivity index (χ0) is 15.9. The molecule has 0 unspecified atom stereocenters. The fraction of sp³-hybridized carbons (Fsp3) is 0.133. The van der Waals surface area contributed by atoms with E-state index < -0.39 is 24.4 Å². The molecule has 7 heteroatoms. The minimum atomic E-state index is -0.650. The lowest BCUT2D eigenvalue weighted by Gasteiger charge is -2.05. The summed E-state index contributed by atoms with van der Waals surface area (Å²) >= 11 is 4.52. The molecule has 0 fully saturated rings. The van der Waals surface area contributed by atoms with Crippen LogP contribution in [0.3, 0.4) is 0 Å². The van der Waals surface area contributed by atoms with Crippen LogP contribution in [0.25, 0.3) is 0 Å². The molecular weight excluding hydrogens is 370 g/mol. The Bertz CT molecular complexity index is 667. The summed E-state index contributed by atoms with van der Waals surface area (Å²) in [5, 5.41) is 3.89. The van der Waals surface area contributed by atoms with E-state index >= 15 is 0 Å². The van der Waals surface area contributed by atoms with Gasteiger partial charge in [-0.25, -0.2) is 0 Å². The van der Waals surface area contributed by atoms with Crippen molar-refractivity contribution in [3.63, 3.8) is 0 Å². The number of benzene rings is 1. The quantitative estimate of drug-likeness (QED) is 0.807. The van der Waals surface area contributed by atoms with Gasteiger partial charge in [-0.2, -0.15) is 0 Å². The Morgan fingerprint density at radius 1 is 1.14 bits per heavy atom. The third kappa shape index (κ3) is 5.09. The van der Waals surface area contributed by atoms with E-state index in [9.17, 15) is 14.4 Å². The van der Waals surface area contributed by atoms with Crippen LogP contribution in [0, 0.1) is 0 Å². The Hall–Kier alpha value is -1.99. The molecule has 2 rings (SSSR count). The number of amides is 2. The average molecular weight is 382 g/mol. The zero-order valence-electron chi connectivity index (χ0n) is 11.4. The predicted molar refractivity (Wildman–Crippen MR) is 85.6 cm³/mol. The first-order valence-electron chi connectivity index (χ1n) is 6.32. The molecule has 0 bridgehead atoms. The van der Waals surface area contributed by atoms with E-state index in [1.165, 1.54) is 11.3 Å². The molecule has 0 aliphatic rings. The van der Waals surface area contributed by atoms with E-state index in [1.807, 2.05) is 12.1 Å². The molecule has 5 nitrogen and oxygen atoms in total. The fourth-order valence-electron chi connectivity index (χ4n) is 1.60. The van der Waals surface area contributed by atoms with E-state index in [0.29, 0.717) is 4.88 Å². The zero-order valence-corrected chi connectivity index (χ0v) is 13.8. The Labute approximate surface area is 139 Å². The predicted octanol–water partition coefficient (Wildman–Crippen LogP) is 2.55. The minimum Gasteiger partial charge on any atom is -0.455 e. The van der Waals surface area contributed by atoms with Crippen molar-refractivity contribution in [3.8, 4) is 0 Å². The Balaban J connectivity index is 1.75. The van der Waals surface area contributed by atoms with E-state index in [4.69, 9.17) is 4.74 Å². The molecular formula is C15H12BrNO4S. The molecule has 0 saturated carbocycles. The first-order valence-corrected chi connectivity index (χ1v) is 7.99. The average Bonchev–Trinajstić information content (AvgIpc) is 3.02. The number of carbonyl (C=O) groups is 3. The summed E-state index contributed by atoms with van der Waals surface area (Å²) in [6.45, 7) is -0.480. The second-order valence-corrected chi connectivity index (χ2v) is 6.18. The lowest BCUT2D eigenvalue weighted by molar-refractivity contribution is -0.147. The molecule has 114 valence electrons. The molecule has 1 aromatic carbocycles. The highest BCUT2D eigenvalue weighted by atomic mass is 79.9. The first kappa shape index (κ1) is 16.4. The maximum atomic E-state index is 11.6. The van der Waals surface area contributed by atoms with Crippen molar-refractivity contribution in [1.82, 2.24) is 5.32 Å². The standard InChI is InChI=1S/C15H12BrNO4S/c16-11-5-3-10(4-6-11)8-14(19)21-9-13(18)17-15(20)12-2-1-7-22-12/h1-7H,8-9H2,(H,17,18,20). The summed E-state index contributed by atoms with van der Waals surface area (Å²) in [7, 11) is 0. The van der Waals surface area contributed by atoms with Gasteiger partial charge in [0.15, 0.2) is 6.61 Å². The van der Waals surface area contributed by atoms with Gasteiger partial charge in [-0.3, -0.25) is 19.7 Å². The van der Waals surface area contributed by atoms with Crippen LogP contribution in [0.5, 0.6) is 0 Å². The molecule has 2 amide bonds. The summed E-state index contributed by atoms with van der Waals surface area (Å²) in [6, 6.07) is 10.5. The summed E-state index contributed by atoms with van der Waals surface area (Å²) in [5.41, 5.74) is 0.781. The normalized spacial score (nSPS) is 10.0. The molecule has 0 spiro atoms. The first-order chi connectivity index (χ1) is 10.5. The molecule has 1 N–H and O–H groups in total. The summed E-state index contributed by atoms with van der Waals surface area (Å²) < 4.78 is 5.76.